The van der Waals surface area contributed by atoms with E-state index in [0.717, 1.165) is 38.2 Å². The molecular weight excluding hydrogens is 281 g/mol. The minimum atomic E-state index is -4.29. The van der Waals surface area contributed by atoms with E-state index in [2.05, 4.69) is 0 Å². The second-order valence-electron chi connectivity index (χ2n) is 4.60. The van der Waals surface area contributed by atoms with Gasteiger partial charge in [0.05, 0.1) is 5.56 Å². The van der Waals surface area contributed by atoms with E-state index in [-0.39, 0.29) is 0 Å². The highest BCUT2D eigenvalue weighted by molar-refractivity contribution is 7.19. The summed E-state index contributed by atoms with van der Waals surface area (Å²) in [5.41, 5.74) is 1.24. The number of halogens is 3. The summed E-state index contributed by atoms with van der Waals surface area (Å²) in [6.45, 7) is 2.00. The van der Waals surface area contributed by atoms with Crippen LogP contribution >= 0.6 is 11.3 Å². The second kappa shape index (κ2) is 4.63. The summed E-state index contributed by atoms with van der Waals surface area (Å²) in [6.07, 6.45) is -4.29. The lowest BCUT2D eigenvalue weighted by Gasteiger charge is -2.08. The van der Waals surface area contributed by atoms with Gasteiger partial charge in [-0.15, -0.1) is 11.3 Å². The first kappa shape index (κ1) is 13.2. The van der Waals surface area contributed by atoms with Crippen LogP contribution in [0.3, 0.4) is 0 Å². The zero-order valence-corrected chi connectivity index (χ0v) is 11.5. The summed E-state index contributed by atoms with van der Waals surface area (Å²) in [4.78, 5) is 1.12. The lowest BCUT2D eigenvalue weighted by molar-refractivity contribution is -0.137. The third-order valence-corrected chi connectivity index (χ3v) is 4.36. The van der Waals surface area contributed by atoms with Crippen LogP contribution in [0.25, 0.3) is 21.2 Å². The van der Waals surface area contributed by atoms with Gasteiger partial charge in [-0.3, -0.25) is 0 Å². The number of hydrogen-bond donors (Lipinski definition) is 0. The van der Waals surface area contributed by atoms with Crippen molar-refractivity contribution in [3.63, 3.8) is 0 Å². The highest BCUT2D eigenvalue weighted by Gasteiger charge is 2.30. The van der Waals surface area contributed by atoms with Gasteiger partial charge in [-0.05, 0) is 30.7 Å². The molecule has 1 heterocycles. The molecule has 0 unspecified atom stereocenters. The summed E-state index contributed by atoms with van der Waals surface area (Å²) in [7, 11) is 0. The molecule has 3 rings (SSSR count). The van der Waals surface area contributed by atoms with Gasteiger partial charge in [0, 0.05) is 20.5 Å². The van der Waals surface area contributed by atoms with Gasteiger partial charge in [-0.2, -0.15) is 13.2 Å². The number of fused-ring (bicyclic) bond motifs is 1. The second-order valence-corrected chi connectivity index (χ2v) is 5.86. The van der Waals surface area contributed by atoms with Crippen molar-refractivity contribution in [3.05, 3.63) is 59.0 Å². The van der Waals surface area contributed by atoms with Gasteiger partial charge in [0.1, 0.15) is 0 Å². The maximum atomic E-state index is 12.6. The Morgan fingerprint density at radius 1 is 0.900 bits per heavy atom. The van der Waals surface area contributed by atoms with E-state index in [9.17, 15) is 13.2 Å². The molecule has 0 aliphatic carbocycles. The predicted octanol–water partition coefficient (Wildman–Crippen LogP) is 5.90. The van der Waals surface area contributed by atoms with E-state index in [0.29, 0.717) is 0 Å². The summed E-state index contributed by atoms with van der Waals surface area (Å²) in [5, 5.41) is 1.09. The van der Waals surface area contributed by atoms with Crippen LogP contribution in [0.5, 0.6) is 0 Å². The standard InChI is InChI=1S/C16H11F3S/c1-10-15(13-4-2-3-5-14(13)20-10)11-6-8-12(9-7-11)16(17,18)19/h2-9H,1H3. The van der Waals surface area contributed by atoms with Gasteiger partial charge in [0.2, 0.25) is 0 Å². The van der Waals surface area contributed by atoms with Crippen molar-refractivity contribution in [2.75, 3.05) is 0 Å². The average molecular weight is 292 g/mol. The van der Waals surface area contributed by atoms with Crippen LogP contribution in [-0.2, 0) is 6.18 Å². The normalized spacial score (nSPS) is 12.0. The molecule has 0 saturated carbocycles. The Morgan fingerprint density at radius 2 is 1.55 bits per heavy atom. The first-order valence-electron chi connectivity index (χ1n) is 6.12. The zero-order chi connectivity index (χ0) is 14.3. The molecule has 4 heteroatoms. The number of hydrogen-bond acceptors (Lipinski definition) is 1. The Labute approximate surface area is 118 Å². The summed E-state index contributed by atoms with van der Waals surface area (Å²) < 4.78 is 38.9. The van der Waals surface area contributed by atoms with Gasteiger partial charge < -0.3 is 0 Å². The number of alkyl halides is 3. The molecule has 20 heavy (non-hydrogen) atoms. The molecule has 1 aromatic heterocycles. The molecule has 0 spiro atoms. The third-order valence-electron chi connectivity index (χ3n) is 3.27. The molecule has 102 valence electrons. The highest BCUT2D eigenvalue weighted by atomic mass is 32.1. The fourth-order valence-corrected chi connectivity index (χ4v) is 3.44. The van der Waals surface area contributed by atoms with E-state index in [1.54, 1.807) is 23.5 Å². The molecule has 0 N–H and O–H groups in total. The molecule has 0 nitrogen and oxygen atoms in total. The molecule has 2 aromatic carbocycles. The monoisotopic (exact) mass is 292 g/mol. The van der Waals surface area contributed by atoms with Crippen molar-refractivity contribution in [3.8, 4) is 11.1 Å². The van der Waals surface area contributed by atoms with Gasteiger partial charge in [0.25, 0.3) is 0 Å². The van der Waals surface area contributed by atoms with Gasteiger partial charge in [0.15, 0.2) is 0 Å². The summed E-state index contributed by atoms with van der Waals surface area (Å²) >= 11 is 1.66. The molecule has 0 aliphatic heterocycles. The van der Waals surface area contributed by atoms with Crippen molar-refractivity contribution in [2.24, 2.45) is 0 Å². The SMILES string of the molecule is Cc1sc2ccccc2c1-c1ccc(C(F)(F)F)cc1. The third kappa shape index (κ3) is 2.20. The quantitative estimate of drug-likeness (QED) is 0.524. The number of thiophene rings is 1. The molecule has 3 aromatic rings. The van der Waals surface area contributed by atoms with Crippen LogP contribution in [0.4, 0.5) is 13.2 Å². The Hall–Kier alpha value is -1.81. The van der Waals surface area contributed by atoms with Crippen LogP contribution in [0.1, 0.15) is 10.4 Å². The van der Waals surface area contributed by atoms with Crippen molar-refractivity contribution < 1.29 is 13.2 Å². The van der Waals surface area contributed by atoms with Gasteiger partial charge in [-0.25, -0.2) is 0 Å². The Morgan fingerprint density at radius 3 is 2.20 bits per heavy atom. The zero-order valence-electron chi connectivity index (χ0n) is 10.7. The minimum absolute atomic E-state index is 0.613. The Bertz CT molecular complexity index is 751. The van der Waals surface area contributed by atoms with Crippen molar-refractivity contribution in [1.82, 2.24) is 0 Å². The lowest BCUT2D eigenvalue weighted by atomic mass is 10.0. The molecule has 0 amide bonds. The van der Waals surface area contributed by atoms with E-state index >= 15 is 0 Å². The van der Waals surface area contributed by atoms with Crippen LogP contribution < -0.4 is 0 Å². The van der Waals surface area contributed by atoms with Crippen LogP contribution in [0.2, 0.25) is 0 Å². The highest BCUT2D eigenvalue weighted by Crippen LogP contribution is 2.39. The smallest absolute Gasteiger partial charge is 0.166 e. The van der Waals surface area contributed by atoms with E-state index in [1.165, 1.54) is 0 Å². The minimum Gasteiger partial charge on any atom is -0.166 e. The van der Waals surface area contributed by atoms with Crippen LogP contribution in [0.15, 0.2) is 48.5 Å². The topological polar surface area (TPSA) is 0 Å². The Balaban J connectivity index is 2.14. The first-order valence-corrected chi connectivity index (χ1v) is 6.94. The molecule has 0 fully saturated rings. The molecule has 0 saturated heterocycles. The summed E-state index contributed by atoms with van der Waals surface area (Å²) in [6, 6.07) is 13.3. The first-order chi connectivity index (χ1) is 9.47. The van der Waals surface area contributed by atoms with Crippen molar-refractivity contribution >= 4 is 21.4 Å². The Kier molecular flexibility index (Phi) is 3.05. The fourth-order valence-electron chi connectivity index (χ4n) is 2.35. The maximum absolute atomic E-state index is 12.6. The predicted molar refractivity (Wildman–Crippen MR) is 77.0 cm³/mol. The van der Waals surface area contributed by atoms with Crippen molar-refractivity contribution in [2.45, 2.75) is 13.1 Å². The molecule has 0 aliphatic rings. The molecule has 0 atom stereocenters. The molecule has 0 bridgehead atoms. The largest absolute Gasteiger partial charge is 0.416 e. The lowest BCUT2D eigenvalue weighted by Crippen LogP contribution is -2.03. The number of rotatable bonds is 1. The molecular formula is C16H11F3S. The van der Waals surface area contributed by atoms with Crippen molar-refractivity contribution in [1.29, 1.82) is 0 Å². The number of benzene rings is 2. The van der Waals surface area contributed by atoms with Crippen LogP contribution in [-0.4, -0.2) is 0 Å². The maximum Gasteiger partial charge on any atom is 0.416 e. The van der Waals surface area contributed by atoms with Gasteiger partial charge in [-0.1, -0.05) is 30.3 Å². The average Bonchev–Trinajstić information content (AvgIpc) is 2.73. The van der Waals surface area contributed by atoms with E-state index < -0.39 is 11.7 Å². The summed E-state index contributed by atoms with van der Waals surface area (Å²) in [5.74, 6) is 0. The number of aryl methyl sites for hydroxylation is 1. The van der Waals surface area contributed by atoms with E-state index in [1.807, 2.05) is 31.2 Å². The van der Waals surface area contributed by atoms with Gasteiger partial charge >= 0.3 is 6.18 Å². The van der Waals surface area contributed by atoms with Crippen LogP contribution in [0, 0.1) is 6.92 Å². The molecule has 0 radical (unpaired) electrons. The van der Waals surface area contributed by atoms with E-state index in [4.69, 9.17) is 0 Å². The fraction of sp³-hybridized carbons (Fsp3) is 0.125.